The molecule has 10 heteroatoms. The molecule has 0 bridgehead atoms. The van der Waals surface area contributed by atoms with Crippen LogP contribution in [0.5, 0.6) is 5.88 Å². The average Bonchev–Trinajstić information content (AvgIpc) is 3.17. The third-order valence-corrected chi connectivity index (χ3v) is 3.84. The Hall–Kier alpha value is -3.27. The number of hydrogen-bond donors (Lipinski definition) is 2. The lowest BCUT2D eigenvalue weighted by Crippen LogP contribution is -2.29. The molecule has 3 aromatic heterocycles. The Morgan fingerprint density at radius 1 is 1.21 bits per heavy atom. The number of aromatic nitrogens is 5. The van der Waals surface area contributed by atoms with Gasteiger partial charge in [-0.05, 0) is 13.0 Å². The summed E-state index contributed by atoms with van der Waals surface area (Å²) in [5.74, 6) is 1.59. The molecule has 0 unspecified atom stereocenters. The Morgan fingerprint density at radius 2 is 2.11 bits per heavy atom. The van der Waals surface area contributed by atoms with Crippen molar-refractivity contribution >= 4 is 17.5 Å². The number of methoxy groups -OCH3 is 1. The van der Waals surface area contributed by atoms with Gasteiger partial charge in [-0.25, -0.2) is 9.97 Å². The minimum Gasteiger partial charge on any atom is -0.478 e. The smallest absolute Gasteiger partial charge is 0.254 e. The Labute approximate surface area is 162 Å². The predicted molar refractivity (Wildman–Crippen MR) is 103 cm³/mol. The van der Waals surface area contributed by atoms with E-state index >= 15 is 0 Å². The molecule has 0 aromatic carbocycles. The van der Waals surface area contributed by atoms with Gasteiger partial charge < -0.3 is 20.1 Å². The quantitative estimate of drug-likeness (QED) is 0.498. The van der Waals surface area contributed by atoms with Crippen molar-refractivity contribution in [2.75, 3.05) is 38.7 Å². The van der Waals surface area contributed by atoms with Crippen LogP contribution < -0.4 is 15.4 Å². The number of hydrogen-bond acceptors (Lipinski definition) is 8. The van der Waals surface area contributed by atoms with Gasteiger partial charge in [-0.3, -0.25) is 4.79 Å². The maximum absolute atomic E-state index is 12.2. The first-order valence-corrected chi connectivity index (χ1v) is 8.94. The van der Waals surface area contributed by atoms with Gasteiger partial charge in [0, 0.05) is 57.3 Å². The molecule has 0 aliphatic carbocycles. The summed E-state index contributed by atoms with van der Waals surface area (Å²) < 4.78 is 12.1. The minimum atomic E-state index is -0.197. The second-order valence-electron chi connectivity index (χ2n) is 6.02. The first-order valence-electron chi connectivity index (χ1n) is 8.94. The lowest BCUT2D eigenvalue weighted by Gasteiger charge is -2.10. The van der Waals surface area contributed by atoms with E-state index in [0.29, 0.717) is 43.5 Å². The topological polar surface area (TPSA) is 116 Å². The van der Waals surface area contributed by atoms with Crippen molar-refractivity contribution < 1.29 is 14.3 Å². The molecule has 0 radical (unpaired) electrons. The summed E-state index contributed by atoms with van der Waals surface area (Å²) >= 11 is 0. The van der Waals surface area contributed by atoms with Crippen molar-refractivity contribution in [1.29, 1.82) is 0 Å². The van der Waals surface area contributed by atoms with Gasteiger partial charge in [-0.2, -0.15) is 14.6 Å². The highest BCUT2D eigenvalue weighted by Crippen LogP contribution is 2.10. The van der Waals surface area contributed by atoms with Crippen molar-refractivity contribution in [2.24, 2.45) is 0 Å². The molecule has 0 atom stereocenters. The van der Waals surface area contributed by atoms with Gasteiger partial charge in [0.15, 0.2) is 0 Å². The summed E-state index contributed by atoms with van der Waals surface area (Å²) in [6, 6.07) is 5.24. The van der Waals surface area contributed by atoms with E-state index in [1.807, 2.05) is 13.0 Å². The Balaban J connectivity index is 1.44. The van der Waals surface area contributed by atoms with Crippen LogP contribution in [0.15, 0.2) is 30.7 Å². The van der Waals surface area contributed by atoms with Crippen LogP contribution in [0, 0.1) is 6.92 Å². The number of anilines is 1. The van der Waals surface area contributed by atoms with Gasteiger partial charge in [0.05, 0.1) is 12.2 Å². The highest BCUT2D eigenvalue weighted by Gasteiger charge is 2.07. The van der Waals surface area contributed by atoms with Crippen LogP contribution in [0.25, 0.3) is 5.78 Å². The molecule has 1 amide bonds. The summed E-state index contributed by atoms with van der Waals surface area (Å²) in [6.07, 6.45) is 3.73. The molecule has 0 spiro atoms. The lowest BCUT2D eigenvalue weighted by molar-refractivity contribution is 0.0954. The largest absolute Gasteiger partial charge is 0.478 e. The number of carbonyl (C=O) groups is 1. The molecular formula is C18H23N7O3. The number of rotatable bonds is 10. The monoisotopic (exact) mass is 385 g/mol. The molecule has 3 rings (SSSR count). The zero-order valence-electron chi connectivity index (χ0n) is 15.9. The number of nitrogens with zero attached hydrogens (tertiary/aromatic N) is 5. The van der Waals surface area contributed by atoms with Crippen LogP contribution in [0.2, 0.25) is 0 Å². The fourth-order valence-electron chi connectivity index (χ4n) is 2.51. The molecule has 3 aromatic rings. The number of pyridine rings is 1. The SMILES string of the molecule is COCCCOc1ccc(C(=O)NCCNc2cc(C)nc3ncnn23)cn1. The van der Waals surface area contributed by atoms with Gasteiger partial charge in [-0.1, -0.05) is 0 Å². The number of carbonyl (C=O) groups excluding carboxylic acids is 1. The van der Waals surface area contributed by atoms with E-state index in [9.17, 15) is 4.79 Å². The van der Waals surface area contributed by atoms with E-state index in [0.717, 1.165) is 17.9 Å². The number of aryl methyl sites for hydroxylation is 1. The first kappa shape index (κ1) is 19.5. The Bertz CT molecular complexity index is 911. The minimum absolute atomic E-state index is 0.197. The molecule has 0 fully saturated rings. The maximum atomic E-state index is 12.2. The molecule has 10 nitrogen and oxygen atoms in total. The zero-order valence-corrected chi connectivity index (χ0v) is 15.9. The van der Waals surface area contributed by atoms with Gasteiger partial charge in [0.1, 0.15) is 12.1 Å². The number of nitrogens with one attached hydrogen (secondary N) is 2. The van der Waals surface area contributed by atoms with Gasteiger partial charge in [-0.15, -0.1) is 0 Å². The fraction of sp³-hybridized carbons (Fsp3) is 0.389. The standard InChI is InChI=1S/C18H23N7O3/c1-13-10-15(25-18(24-13)22-12-23-25)19-6-7-20-17(26)14-4-5-16(21-11-14)28-9-3-8-27-2/h4-5,10-12,19H,3,6-9H2,1-2H3,(H,20,26). The first-order chi connectivity index (χ1) is 13.7. The van der Waals surface area contributed by atoms with Crippen molar-refractivity contribution in [3.8, 4) is 5.88 Å². The van der Waals surface area contributed by atoms with Crippen LogP contribution in [0.4, 0.5) is 5.82 Å². The molecule has 2 N–H and O–H groups in total. The molecule has 0 saturated heterocycles. The van der Waals surface area contributed by atoms with Crippen molar-refractivity contribution in [3.05, 3.63) is 42.0 Å². The maximum Gasteiger partial charge on any atom is 0.254 e. The second kappa shape index (κ2) is 9.60. The molecule has 148 valence electrons. The third-order valence-electron chi connectivity index (χ3n) is 3.84. The summed E-state index contributed by atoms with van der Waals surface area (Å²) in [5, 5.41) is 10.2. The summed E-state index contributed by atoms with van der Waals surface area (Å²) in [5.41, 5.74) is 1.31. The highest BCUT2D eigenvalue weighted by molar-refractivity contribution is 5.93. The van der Waals surface area contributed by atoms with Crippen LogP contribution in [0.3, 0.4) is 0 Å². The van der Waals surface area contributed by atoms with Crippen LogP contribution in [-0.2, 0) is 4.74 Å². The molecular weight excluding hydrogens is 362 g/mol. The van der Waals surface area contributed by atoms with Crippen molar-refractivity contribution in [3.63, 3.8) is 0 Å². The van der Waals surface area contributed by atoms with E-state index in [4.69, 9.17) is 9.47 Å². The molecule has 28 heavy (non-hydrogen) atoms. The van der Waals surface area contributed by atoms with Gasteiger partial charge >= 0.3 is 0 Å². The summed E-state index contributed by atoms with van der Waals surface area (Å²) in [7, 11) is 1.65. The lowest BCUT2D eigenvalue weighted by atomic mass is 10.2. The molecule has 0 aliphatic heterocycles. The predicted octanol–water partition coefficient (Wildman–Crippen LogP) is 1.08. The average molecular weight is 385 g/mol. The van der Waals surface area contributed by atoms with E-state index in [-0.39, 0.29) is 5.91 Å². The fourth-order valence-corrected chi connectivity index (χ4v) is 2.51. The second-order valence-corrected chi connectivity index (χ2v) is 6.02. The summed E-state index contributed by atoms with van der Waals surface area (Å²) in [4.78, 5) is 24.7. The zero-order chi connectivity index (χ0) is 19.8. The third kappa shape index (κ3) is 5.13. The van der Waals surface area contributed by atoms with Crippen molar-refractivity contribution in [1.82, 2.24) is 29.9 Å². The molecule has 0 saturated carbocycles. The number of amides is 1. The normalized spacial score (nSPS) is 10.8. The van der Waals surface area contributed by atoms with E-state index in [1.54, 1.807) is 23.8 Å². The number of fused-ring (bicyclic) bond motifs is 1. The van der Waals surface area contributed by atoms with E-state index < -0.39 is 0 Å². The van der Waals surface area contributed by atoms with Gasteiger partial charge in [0.2, 0.25) is 5.88 Å². The highest BCUT2D eigenvalue weighted by atomic mass is 16.5. The Morgan fingerprint density at radius 3 is 2.89 bits per heavy atom. The van der Waals surface area contributed by atoms with E-state index in [1.165, 1.54) is 12.5 Å². The van der Waals surface area contributed by atoms with Crippen LogP contribution in [0.1, 0.15) is 22.5 Å². The number of ether oxygens (including phenoxy) is 2. The Kier molecular flexibility index (Phi) is 6.68. The van der Waals surface area contributed by atoms with Gasteiger partial charge in [0.25, 0.3) is 11.7 Å². The van der Waals surface area contributed by atoms with Crippen LogP contribution in [-0.4, -0.2) is 63.9 Å². The molecule has 3 heterocycles. The van der Waals surface area contributed by atoms with Crippen LogP contribution >= 0.6 is 0 Å². The molecule has 0 aliphatic rings. The van der Waals surface area contributed by atoms with Crippen molar-refractivity contribution in [2.45, 2.75) is 13.3 Å². The van der Waals surface area contributed by atoms with E-state index in [2.05, 4.69) is 30.7 Å². The summed E-state index contributed by atoms with van der Waals surface area (Å²) in [6.45, 7) is 4.01.